The van der Waals surface area contributed by atoms with Gasteiger partial charge in [0, 0.05) is 12.2 Å². The van der Waals surface area contributed by atoms with Crippen LogP contribution in [0.15, 0.2) is 22.8 Å². The van der Waals surface area contributed by atoms with E-state index >= 15 is 0 Å². The largest absolute Gasteiger partial charge is 0.478 e. The van der Waals surface area contributed by atoms with Crippen LogP contribution in [-0.2, 0) is 6.54 Å². The predicted molar refractivity (Wildman–Crippen MR) is 69.1 cm³/mol. The summed E-state index contributed by atoms with van der Waals surface area (Å²) in [5.74, 6) is -0.427. The maximum absolute atomic E-state index is 11.3. The van der Waals surface area contributed by atoms with E-state index in [9.17, 15) is 9.90 Å². The minimum Gasteiger partial charge on any atom is -0.478 e. The zero-order valence-corrected chi connectivity index (χ0v) is 11.0. The van der Waals surface area contributed by atoms with Crippen LogP contribution in [0, 0.1) is 6.92 Å². The van der Waals surface area contributed by atoms with Crippen molar-refractivity contribution >= 4 is 17.6 Å². The smallest absolute Gasteiger partial charge is 0.339 e. The van der Waals surface area contributed by atoms with Crippen molar-refractivity contribution in [1.29, 1.82) is 0 Å². The Bertz CT molecular complexity index is 570. The molecule has 0 atom stereocenters. The fourth-order valence-electron chi connectivity index (χ4n) is 2.10. The number of carbonyl (C=O) groups is 1. The molecule has 2 aromatic heterocycles. The van der Waals surface area contributed by atoms with E-state index in [0.717, 1.165) is 6.42 Å². The molecule has 0 fully saturated rings. The Morgan fingerprint density at radius 2 is 2.28 bits per heavy atom. The van der Waals surface area contributed by atoms with Crippen molar-refractivity contribution in [3.63, 3.8) is 0 Å². The highest BCUT2D eigenvalue weighted by atomic mass is 35.5. The number of nitrogens with zero attached hydrogens (tertiary/aromatic N) is 1. The second-order valence-electron chi connectivity index (χ2n) is 4.06. The quantitative estimate of drug-likeness (QED) is 0.916. The summed E-state index contributed by atoms with van der Waals surface area (Å²) in [6, 6.07) is 3.53. The first-order valence-corrected chi connectivity index (χ1v) is 6.11. The molecule has 0 unspecified atom stereocenters. The average Bonchev–Trinajstić information content (AvgIpc) is 2.87. The van der Waals surface area contributed by atoms with E-state index in [1.54, 1.807) is 25.3 Å². The average molecular weight is 268 g/mol. The van der Waals surface area contributed by atoms with E-state index in [2.05, 4.69) is 0 Å². The van der Waals surface area contributed by atoms with Gasteiger partial charge in [-0.3, -0.25) is 0 Å². The third-order valence-corrected chi connectivity index (χ3v) is 3.25. The van der Waals surface area contributed by atoms with Crippen LogP contribution in [0.4, 0.5) is 0 Å². The summed E-state index contributed by atoms with van der Waals surface area (Å²) in [5.41, 5.74) is 1.44. The summed E-state index contributed by atoms with van der Waals surface area (Å²) in [7, 11) is 0. The van der Waals surface area contributed by atoms with Crippen LogP contribution in [0.25, 0.3) is 11.5 Å². The molecule has 2 rings (SSSR count). The maximum atomic E-state index is 11.3. The highest BCUT2D eigenvalue weighted by Gasteiger charge is 2.25. The van der Waals surface area contributed by atoms with Crippen LogP contribution in [0.2, 0.25) is 5.02 Å². The molecule has 0 amide bonds. The first-order valence-electron chi connectivity index (χ1n) is 5.73. The highest BCUT2D eigenvalue weighted by molar-refractivity contribution is 6.36. The van der Waals surface area contributed by atoms with E-state index in [1.165, 1.54) is 0 Å². The molecule has 0 aromatic carbocycles. The summed E-state index contributed by atoms with van der Waals surface area (Å²) in [4.78, 5) is 11.3. The summed E-state index contributed by atoms with van der Waals surface area (Å²) < 4.78 is 7.23. The molecule has 0 aliphatic rings. The molecule has 18 heavy (non-hydrogen) atoms. The molecule has 96 valence electrons. The van der Waals surface area contributed by atoms with Crippen molar-refractivity contribution < 1.29 is 14.3 Å². The van der Waals surface area contributed by atoms with Crippen LogP contribution < -0.4 is 0 Å². The number of aromatic carboxylic acids is 1. The van der Waals surface area contributed by atoms with Gasteiger partial charge in [-0.25, -0.2) is 4.79 Å². The molecule has 5 heteroatoms. The molecule has 4 nitrogen and oxygen atoms in total. The van der Waals surface area contributed by atoms with Crippen LogP contribution in [0.1, 0.15) is 29.4 Å². The number of halogens is 1. The highest BCUT2D eigenvalue weighted by Crippen LogP contribution is 2.36. The van der Waals surface area contributed by atoms with E-state index in [4.69, 9.17) is 16.0 Å². The van der Waals surface area contributed by atoms with Crippen molar-refractivity contribution in [2.24, 2.45) is 0 Å². The molecule has 2 heterocycles. The lowest BCUT2D eigenvalue weighted by Crippen LogP contribution is -2.03. The Hall–Kier alpha value is -1.68. The lowest BCUT2D eigenvalue weighted by atomic mass is 10.2. The van der Waals surface area contributed by atoms with Crippen LogP contribution in [-0.4, -0.2) is 15.6 Å². The zero-order chi connectivity index (χ0) is 13.3. The fourth-order valence-corrected chi connectivity index (χ4v) is 2.52. The lowest BCUT2D eigenvalue weighted by molar-refractivity contribution is 0.0696. The number of aromatic nitrogens is 1. The Kier molecular flexibility index (Phi) is 3.48. The molecule has 0 saturated heterocycles. The minimum atomic E-state index is -1.01. The normalized spacial score (nSPS) is 10.8. The van der Waals surface area contributed by atoms with Gasteiger partial charge in [0.2, 0.25) is 0 Å². The van der Waals surface area contributed by atoms with Gasteiger partial charge in [0.25, 0.3) is 0 Å². The molecule has 0 radical (unpaired) electrons. The monoisotopic (exact) mass is 267 g/mol. The van der Waals surface area contributed by atoms with Gasteiger partial charge in [0.15, 0.2) is 5.76 Å². The third kappa shape index (κ3) is 1.93. The third-order valence-electron chi connectivity index (χ3n) is 2.88. The SMILES string of the molecule is CCCn1c(C)c(C(=O)O)c(Cl)c1-c1ccco1. The van der Waals surface area contributed by atoms with Gasteiger partial charge >= 0.3 is 5.97 Å². The fraction of sp³-hybridized carbons (Fsp3) is 0.308. The second kappa shape index (κ2) is 4.90. The predicted octanol–water partition coefficient (Wildman–Crippen LogP) is 3.82. The molecule has 0 bridgehead atoms. The van der Waals surface area contributed by atoms with Gasteiger partial charge in [-0.05, 0) is 25.5 Å². The Balaban J connectivity index is 2.70. The summed E-state index contributed by atoms with van der Waals surface area (Å²) in [6.07, 6.45) is 2.43. The van der Waals surface area contributed by atoms with Crippen molar-refractivity contribution in [3.05, 3.63) is 34.7 Å². The van der Waals surface area contributed by atoms with Gasteiger partial charge in [-0.15, -0.1) is 0 Å². The van der Waals surface area contributed by atoms with Gasteiger partial charge in [-0.1, -0.05) is 18.5 Å². The molecule has 0 saturated carbocycles. The maximum Gasteiger partial charge on any atom is 0.339 e. The summed E-state index contributed by atoms with van der Waals surface area (Å²) >= 11 is 6.20. The molecule has 2 aromatic rings. The number of carboxylic acids is 1. The van der Waals surface area contributed by atoms with E-state index < -0.39 is 5.97 Å². The molecule has 0 spiro atoms. The Morgan fingerprint density at radius 3 is 2.78 bits per heavy atom. The van der Waals surface area contributed by atoms with Crippen molar-refractivity contribution in [1.82, 2.24) is 4.57 Å². The molecule has 1 N–H and O–H groups in total. The van der Waals surface area contributed by atoms with Gasteiger partial charge in [-0.2, -0.15) is 0 Å². The number of carboxylic acid groups (broad SMARTS) is 1. The van der Waals surface area contributed by atoms with Crippen LogP contribution in [0.5, 0.6) is 0 Å². The Morgan fingerprint density at radius 1 is 1.56 bits per heavy atom. The first kappa shape index (κ1) is 12.8. The summed E-state index contributed by atoms with van der Waals surface area (Å²) in [5, 5.41) is 9.46. The summed E-state index contributed by atoms with van der Waals surface area (Å²) in [6.45, 7) is 4.49. The number of hydrogen-bond acceptors (Lipinski definition) is 2. The van der Waals surface area contributed by atoms with Gasteiger partial charge in [0.05, 0.1) is 16.8 Å². The number of hydrogen-bond donors (Lipinski definition) is 1. The minimum absolute atomic E-state index is 0.150. The Labute approximate surface area is 110 Å². The molecular weight excluding hydrogens is 254 g/mol. The standard InChI is InChI=1S/C13H14ClNO3/c1-3-6-15-8(2)10(13(16)17)11(14)12(15)9-5-4-7-18-9/h4-5,7H,3,6H2,1-2H3,(H,16,17). The van der Waals surface area contributed by atoms with E-state index in [-0.39, 0.29) is 10.6 Å². The first-order chi connectivity index (χ1) is 8.57. The lowest BCUT2D eigenvalue weighted by Gasteiger charge is -2.08. The molecular formula is C13H14ClNO3. The number of furan rings is 1. The van der Waals surface area contributed by atoms with Crippen LogP contribution >= 0.6 is 11.6 Å². The topological polar surface area (TPSA) is 55.4 Å². The van der Waals surface area contributed by atoms with E-state index in [1.807, 2.05) is 11.5 Å². The van der Waals surface area contributed by atoms with Gasteiger partial charge in [0.1, 0.15) is 5.69 Å². The molecule has 0 aliphatic carbocycles. The van der Waals surface area contributed by atoms with Crippen molar-refractivity contribution in [2.45, 2.75) is 26.8 Å². The van der Waals surface area contributed by atoms with Crippen molar-refractivity contribution in [2.75, 3.05) is 0 Å². The van der Waals surface area contributed by atoms with Crippen LogP contribution in [0.3, 0.4) is 0 Å². The van der Waals surface area contributed by atoms with Gasteiger partial charge < -0.3 is 14.1 Å². The number of rotatable bonds is 4. The second-order valence-corrected chi connectivity index (χ2v) is 4.44. The molecule has 0 aliphatic heterocycles. The zero-order valence-electron chi connectivity index (χ0n) is 10.2. The van der Waals surface area contributed by atoms with Crippen molar-refractivity contribution in [3.8, 4) is 11.5 Å². The van der Waals surface area contributed by atoms with E-state index in [0.29, 0.717) is 23.7 Å².